The summed E-state index contributed by atoms with van der Waals surface area (Å²) in [7, 11) is 1.67. The minimum Gasteiger partial charge on any atom is -0.495 e. The minimum atomic E-state index is 0.817. The first-order valence-electron chi connectivity index (χ1n) is 5.26. The van der Waals surface area contributed by atoms with Gasteiger partial charge in [0.2, 0.25) is 0 Å². The second kappa shape index (κ2) is 7.20. The molecule has 0 bridgehead atoms. The van der Waals surface area contributed by atoms with E-state index in [1.165, 1.54) is 0 Å². The number of nitrogens with one attached hydrogen (secondary N) is 2. The molecule has 0 saturated carbocycles. The Morgan fingerprint density at radius 1 is 1.33 bits per heavy atom. The van der Waals surface area contributed by atoms with Gasteiger partial charge >= 0.3 is 0 Å². The summed E-state index contributed by atoms with van der Waals surface area (Å²) in [4.78, 5) is 4.01. The fourth-order valence-corrected chi connectivity index (χ4v) is 1.32. The highest BCUT2D eigenvalue weighted by molar-refractivity contribution is 5.29. The van der Waals surface area contributed by atoms with E-state index in [0.29, 0.717) is 0 Å². The van der Waals surface area contributed by atoms with Crippen molar-refractivity contribution in [3.63, 3.8) is 0 Å². The van der Waals surface area contributed by atoms with Gasteiger partial charge in [0.15, 0.2) is 0 Å². The summed E-state index contributed by atoms with van der Waals surface area (Å²) < 4.78 is 5.21. The Hall–Kier alpha value is -1.13. The van der Waals surface area contributed by atoms with Crippen LogP contribution >= 0.6 is 0 Å². The van der Waals surface area contributed by atoms with Crippen molar-refractivity contribution in [3.8, 4) is 5.75 Å². The third kappa shape index (κ3) is 4.27. The molecule has 0 amide bonds. The molecule has 4 nitrogen and oxygen atoms in total. The Bertz CT molecular complexity index is 278. The van der Waals surface area contributed by atoms with Gasteiger partial charge in [0, 0.05) is 31.4 Å². The predicted octanol–water partition coefficient (Wildman–Crippen LogP) is 0.789. The van der Waals surface area contributed by atoms with E-state index < -0.39 is 0 Å². The zero-order valence-electron chi connectivity index (χ0n) is 9.42. The van der Waals surface area contributed by atoms with Gasteiger partial charge < -0.3 is 15.4 Å². The SMILES string of the molecule is CCNCCNCc1ccncc1OC. The van der Waals surface area contributed by atoms with E-state index in [-0.39, 0.29) is 0 Å². The van der Waals surface area contributed by atoms with Crippen LogP contribution in [-0.4, -0.2) is 31.7 Å². The number of likely N-dealkylation sites (N-methyl/N-ethyl adjacent to an activating group) is 1. The van der Waals surface area contributed by atoms with Gasteiger partial charge in [-0.3, -0.25) is 4.98 Å². The fourth-order valence-electron chi connectivity index (χ4n) is 1.32. The van der Waals surface area contributed by atoms with Gasteiger partial charge in [0.05, 0.1) is 13.3 Å². The molecule has 0 aliphatic heterocycles. The Labute approximate surface area is 91.1 Å². The molecule has 15 heavy (non-hydrogen) atoms. The average Bonchev–Trinajstić information content (AvgIpc) is 2.29. The first-order chi connectivity index (χ1) is 7.38. The van der Waals surface area contributed by atoms with E-state index in [4.69, 9.17) is 4.74 Å². The zero-order chi connectivity index (χ0) is 10.9. The van der Waals surface area contributed by atoms with E-state index in [0.717, 1.165) is 37.5 Å². The molecule has 0 atom stereocenters. The molecule has 0 saturated heterocycles. The number of ether oxygens (including phenoxy) is 1. The van der Waals surface area contributed by atoms with Gasteiger partial charge in [-0.05, 0) is 12.6 Å². The first kappa shape index (κ1) is 11.9. The molecular formula is C11H19N3O. The smallest absolute Gasteiger partial charge is 0.141 e. The van der Waals surface area contributed by atoms with Gasteiger partial charge in [0.1, 0.15) is 5.75 Å². The summed E-state index contributed by atoms with van der Waals surface area (Å²) in [6.45, 7) is 5.88. The van der Waals surface area contributed by atoms with Crippen LogP contribution in [0.25, 0.3) is 0 Å². The van der Waals surface area contributed by atoms with Gasteiger partial charge in [-0.2, -0.15) is 0 Å². The van der Waals surface area contributed by atoms with E-state index in [1.54, 1.807) is 19.5 Å². The van der Waals surface area contributed by atoms with Crippen LogP contribution in [0.5, 0.6) is 5.75 Å². The van der Waals surface area contributed by atoms with Crippen molar-refractivity contribution in [1.82, 2.24) is 15.6 Å². The quantitative estimate of drug-likeness (QED) is 0.652. The van der Waals surface area contributed by atoms with E-state index in [9.17, 15) is 0 Å². The van der Waals surface area contributed by atoms with Crippen LogP contribution in [-0.2, 0) is 6.54 Å². The van der Waals surface area contributed by atoms with Crippen molar-refractivity contribution in [2.75, 3.05) is 26.7 Å². The van der Waals surface area contributed by atoms with Gasteiger partial charge in [-0.15, -0.1) is 0 Å². The summed E-state index contributed by atoms with van der Waals surface area (Å²) in [5.74, 6) is 0.841. The monoisotopic (exact) mass is 209 g/mol. The van der Waals surface area contributed by atoms with Crippen LogP contribution in [0.1, 0.15) is 12.5 Å². The van der Waals surface area contributed by atoms with E-state index >= 15 is 0 Å². The lowest BCUT2D eigenvalue weighted by Crippen LogP contribution is -2.26. The van der Waals surface area contributed by atoms with Crippen LogP contribution < -0.4 is 15.4 Å². The Morgan fingerprint density at radius 2 is 2.13 bits per heavy atom. The molecular weight excluding hydrogens is 190 g/mol. The van der Waals surface area contributed by atoms with Gasteiger partial charge in [-0.25, -0.2) is 0 Å². The topological polar surface area (TPSA) is 46.2 Å². The number of hydrogen-bond acceptors (Lipinski definition) is 4. The van der Waals surface area contributed by atoms with Crippen LogP contribution in [0.4, 0.5) is 0 Å². The maximum atomic E-state index is 5.21. The number of nitrogens with zero attached hydrogens (tertiary/aromatic N) is 1. The van der Waals surface area contributed by atoms with Crippen molar-refractivity contribution in [3.05, 3.63) is 24.0 Å². The van der Waals surface area contributed by atoms with Crippen LogP contribution in [0.2, 0.25) is 0 Å². The highest BCUT2D eigenvalue weighted by atomic mass is 16.5. The Kier molecular flexibility index (Phi) is 5.73. The first-order valence-corrected chi connectivity index (χ1v) is 5.26. The largest absolute Gasteiger partial charge is 0.495 e. The predicted molar refractivity (Wildman–Crippen MR) is 61.0 cm³/mol. The standard InChI is InChI=1S/C11H19N3O/c1-3-12-6-7-14-8-10-4-5-13-9-11(10)15-2/h4-5,9,12,14H,3,6-8H2,1-2H3. The third-order valence-corrected chi connectivity index (χ3v) is 2.13. The third-order valence-electron chi connectivity index (χ3n) is 2.13. The number of rotatable bonds is 7. The zero-order valence-corrected chi connectivity index (χ0v) is 9.42. The normalized spacial score (nSPS) is 10.3. The Morgan fingerprint density at radius 3 is 2.87 bits per heavy atom. The average molecular weight is 209 g/mol. The van der Waals surface area contributed by atoms with Crippen LogP contribution in [0.3, 0.4) is 0 Å². The molecule has 0 radical (unpaired) electrons. The summed E-state index contributed by atoms with van der Waals surface area (Å²) in [6.07, 6.45) is 3.52. The summed E-state index contributed by atoms with van der Waals surface area (Å²) in [6, 6.07) is 1.97. The van der Waals surface area contributed by atoms with Crippen molar-refractivity contribution in [2.45, 2.75) is 13.5 Å². The second-order valence-corrected chi connectivity index (χ2v) is 3.22. The number of methoxy groups -OCH3 is 1. The lowest BCUT2D eigenvalue weighted by atomic mass is 10.2. The molecule has 1 rings (SSSR count). The maximum Gasteiger partial charge on any atom is 0.141 e. The van der Waals surface area contributed by atoms with Crippen molar-refractivity contribution < 1.29 is 4.74 Å². The molecule has 0 fully saturated rings. The number of aromatic nitrogens is 1. The molecule has 1 aromatic rings. The van der Waals surface area contributed by atoms with E-state index in [1.807, 2.05) is 6.07 Å². The molecule has 0 aromatic carbocycles. The second-order valence-electron chi connectivity index (χ2n) is 3.22. The van der Waals surface area contributed by atoms with Crippen LogP contribution in [0, 0.1) is 0 Å². The molecule has 2 N–H and O–H groups in total. The number of hydrogen-bond donors (Lipinski definition) is 2. The lowest BCUT2D eigenvalue weighted by molar-refractivity contribution is 0.405. The highest BCUT2D eigenvalue weighted by Gasteiger charge is 2.00. The Balaban J connectivity index is 2.30. The van der Waals surface area contributed by atoms with Gasteiger partial charge in [0.25, 0.3) is 0 Å². The van der Waals surface area contributed by atoms with Crippen molar-refractivity contribution >= 4 is 0 Å². The molecule has 0 unspecified atom stereocenters. The molecule has 1 heterocycles. The van der Waals surface area contributed by atoms with Crippen molar-refractivity contribution in [2.24, 2.45) is 0 Å². The minimum absolute atomic E-state index is 0.817. The number of pyridine rings is 1. The molecule has 4 heteroatoms. The molecule has 1 aromatic heterocycles. The summed E-state index contributed by atoms with van der Waals surface area (Å²) in [5, 5.41) is 6.60. The lowest BCUT2D eigenvalue weighted by Gasteiger charge is -2.08. The summed E-state index contributed by atoms with van der Waals surface area (Å²) in [5.41, 5.74) is 1.14. The summed E-state index contributed by atoms with van der Waals surface area (Å²) >= 11 is 0. The van der Waals surface area contributed by atoms with Crippen LogP contribution in [0.15, 0.2) is 18.5 Å². The highest BCUT2D eigenvalue weighted by Crippen LogP contribution is 2.14. The molecule has 0 aliphatic rings. The van der Waals surface area contributed by atoms with Crippen molar-refractivity contribution in [1.29, 1.82) is 0 Å². The fraction of sp³-hybridized carbons (Fsp3) is 0.545. The maximum absolute atomic E-state index is 5.21. The molecule has 0 aliphatic carbocycles. The molecule has 84 valence electrons. The van der Waals surface area contributed by atoms with Gasteiger partial charge in [-0.1, -0.05) is 6.92 Å². The molecule has 0 spiro atoms. The van der Waals surface area contributed by atoms with E-state index in [2.05, 4.69) is 22.5 Å².